The van der Waals surface area contributed by atoms with Gasteiger partial charge < -0.3 is 15.2 Å². The predicted molar refractivity (Wildman–Crippen MR) is 121 cm³/mol. The van der Waals surface area contributed by atoms with Crippen molar-refractivity contribution in [3.05, 3.63) is 41.2 Å². The lowest BCUT2D eigenvalue weighted by molar-refractivity contribution is -0.0877. The number of aromatic nitrogens is 4. The van der Waals surface area contributed by atoms with E-state index in [9.17, 15) is 5.11 Å². The molecule has 1 aromatic carbocycles. The number of ether oxygens (including phenoxy) is 1. The minimum absolute atomic E-state index is 0.242. The van der Waals surface area contributed by atoms with Crippen molar-refractivity contribution in [2.24, 2.45) is 5.92 Å². The van der Waals surface area contributed by atoms with Crippen molar-refractivity contribution >= 4 is 44.0 Å². The van der Waals surface area contributed by atoms with Gasteiger partial charge >= 0.3 is 0 Å². The zero-order valence-electron chi connectivity index (χ0n) is 17.0. The maximum absolute atomic E-state index is 10.9. The first-order valence-electron chi connectivity index (χ1n) is 10.7. The van der Waals surface area contributed by atoms with E-state index in [1.54, 1.807) is 17.7 Å². The van der Waals surface area contributed by atoms with Crippen molar-refractivity contribution < 1.29 is 9.84 Å². The molecule has 4 heterocycles. The van der Waals surface area contributed by atoms with Gasteiger partial charge in [-0.25, -0.2) is 9.97 Å². The number of anilines is 2. The molecule has 2 aliphatic rings. The average Bonchev–Trinajstić information content (AvgIpc) is 3.43. The van der Waals surface area contributed by atoms with Crippen LogP contribution in [0.15, 0.2) is 30.7 Å². The normalized spacial score (nSPS) is 20.7. The highest BCUT2D eigenvalue weighted by atomic mass is 32.1. The molecule has 1 fully saturated rings. The van der Waals surface area contributed by atoms with Gasteiger partial charge in [-0.15, -0.1) is 11.3 Å². The Labute approximate surface area is 183 Å². The summed E-state index contributed by atoms with van der Waals surface area (Å²) in [7, 11) is 0. The SMILES string of the molecule is OC(C1CCc2c(sc3ncnc(Nc4ccc5[nH]ncc5c4)c23)C1)N1CCOCC1. The number of aliphatic hydroxyl groups excluding tert-OH is 1. The number of thiophene rings is 1. The molecule has 3 N–H and O–H groups in total. The molecule has 0 spiro atoms. The first kappa shape index (κ1) is 19.1. The third-order valence-electron chi connectivity index (χ3n) is 6.43. The van der Waals surface area contributed by atoms with Crippen LogP contribution in [0.25, 0.3) is 21.1 Å². The average molecular weight is 437 g/mol. The summed E-state index contributed by atoms with van der Waals surface area (Å²) in [6, 6.07) is 6.12. The molecular formula is C22H24N6O2S. The Morgan fingerprint density at radius 2 is 2.16 bits per heavy atom. The number of aryl methyl sites for hydroxylation is 1. The summed E-state index contributed by atoms with van der Waals surface area (Å²) in [6.45, 7) is 3.01. The van der Waals surface area contributed by atoms with Gasteiger partial charge in [0.2, 0.25) is 0 Å². The highest BCUT2D eigenvalue weighted by molar-refractivity contribution is 7.19. The van der Waals surface area contributed by atoms with E-state index in [0.717, 1.165) is 65.0 Å². The predicted octanol–water partition coefficient (Wildman–Crippen LogP) is 3.07. The lowest BCUT2D eigenvalue weighted by Crippen LogP contribution is -2.48. The Morgan fingerprint density at radius 1 is 1.26 bits per heavy atom. The van der Waals surface area contributed by atoms with Gasteiger partial charge in [0, 0.05) is 35.0 Å². The molecule has 0 bridgehead atoms. The number of nitrogens with one attached hydrogen (secondary N) is 2. The summed E-state index contributed by atoms with van der Waals surface area (Å²) < 4.78 is 5.44. The Morgan fingerprint density at radius 3 is 3.06 bits per heavy atom. The number of benzene rings is 1. The van der Waals surface area contributed by atoms with Crippen LogP contribution in [0.2, 0.25) is 0 Å². The van der Waals surface area contributed by atoms with E-state index in [0.29, 0.717) is 13.2 Å². The Balaban J connectivity index is 1.29. The largest absolute Gasteiger partial charge is 0.379 e. The zero-order chi connectivity index (χ0) is 20.8. The van der Waals surface area contributed by atoms with E-state index in [1.165, 1.54) is 10.4 Å². The van der Waals surface area contributed by atoms with Crippen LogP contribution in [0.3, 0.4) is 0 Å². The minimum Gasteiger partial charge on any atom is -0.379 e. The van der Waals surface area contributed by atoms with Crippen molar-refractivity contribution in [1.82, 2.24) is 25.1 Å². The van der Waals surface area contributed by atoms with Crippen LogP contribution in [0.4, 0.5) is 11.5 Å². The summed E-state index contributed by atoms with van der Waals surface area (Å²) in [4.78, 5) is 13.6. The first-order chi connectivity index (χ1) is 15.3. The van der Waals surface area contributed by atoms with Gasteiger partial charge in [0.15, 0.2) is 0 Å². The Kier molecular flexibility index (Phi) is 4.83. The quantitative estimate of drug-likeness (QED) is 0.452. The fraction of sp³-hybridized carbons (Fsp3) is 0.409. The monoisotopic (exact) mass is 436 g/mol. The van der Waals surface area contributed by atoms with Crippen LogP contribution in [0.5, 0.6) is 0 Å². The summed E-state index contributed by atoms with van der Waals surface area (Å²) in [6.07, 6.45) is 5.82. The van der Waals surface area contributed by atoms with Gasteiger partial charge in [-0.3, -0.25) is 10.00 Å². The summed E-state index contributed by atoms with van der Waals surface area (Å²) in [5, 5.41) is 23.7. The Hall–Kier alpha value is -2.59. The van der Waals surface area contributed by atoms with Gasteiger partial charge in [-0.05, 0) is 43.0 Å². The topological polar surface area (TPSA) is 99.2 Å². The highest BCUT2D eigenvalue weighted by Crippen LogP contribution is 2.41. The van der Waals surface area contributed by atoms with Crippen LogP contribution in [0, 0.1) is 5.92 Å². The van der Waals surface area contributed by atoms with Crippen LogP contribution in [-0.4, -0.2) is 62.7 Å². The smallest absolute Gasteiger partial charge is 0.142 e. The molecule has 3 aromatic heterocycles. The van der Waals surface area contributed by atoms with Crippen LogP contribution < -0.4 is 5.32 Å². The molecule has 160 valence electrons. The molecule has 9 heteroatoms. The molecular weight excluding hydrogens is 412 g/mol. The third kappa shape index (κ3) is 3.47. The molecule has 4 aromatic rings. The van der Waals surface area contributed by atoms with Gasteiger partial charge in [-0.2, -0.15) is 5.10 Å². The van der Waals surface area contributed by atoms with E-state index in [1.807, 2.05) is 18.3 Å². The third-order valence-corrected chi connectivity index (χ3v) is 7.59. The van der Waals surface area contributed by atoms with Crippen LogP contribution >= 0.6 is 11.3 Å². The van der Waals surface area contributed by atoms with Crippen molar-refractivity contribution in [2.75, 3.05) is 31.6 Å². The molecule has 0 radical (unpaired) electrons. The van der Waals surface area contributed by atoms with E-state index in [4.69, 9.17) is 4.74 Å². The first-order valence-corrected chi connectivity index (χ1v) is 11.5. The maximum Gasteiger partial charge on any atom is 0.142 e. The van der Waals surface area contributed by atoms with Gasteiger partial charge in [0.1, 0.15) is 23.2 Å². The number of hydrogen-bond donors (Lipinski definition) is 3. The molecule has 1 aliphatic carbocycles. The lowest BCUT2D eigenvalue weighted by atomic mass is 9.86. The molecule has 0 amide bonds. The number of rotatable bonds is 4. The zero-order valence-corrected chi connectivity index (χ0v) is 17.9. The van der Waals surface area contributed by atoms with Crippen molar-refractivity contribution in [3.8, 4) is 0 Å². The number of nitrogens with zero attached hydrogens (tertiary/aromatic N) is 4. The van der Waals surface area contributed by atoms with Gasteiger partial charge in [0.05, 0.1) is 30.3 Å². The number of hydrogen-bond acceptors (Lipinski definition) is 8. The van der Waals surface area contributed by atoms with Gasteiger partial charge in [-0.1, -0.05) is 0 Å². The second-order valence-electron chi connectivity index (χ2n) is 8.27. The fourth-order valence-corrected chi connectivity index (χ4v) is 6.06. The summed E-state index contributed by atoms with van der Waals surface area (Å²) >= 11 is 1.74. The number of fused-ring (bicyclic) bond motifs is 4. The number of morpholine rings is 1. The van der Waals surface area contributed by atoms with Crippen molar-refractivity contribution in [2.45, 2.75) is 25.5 Å². The van der Waals surface area contributed by atoms with E-state index < -0.39 is 6.23 Å². The second kappa shape index (κ2) is 7.83. The van der Waals surface area contributed by atoms with Crippen LogP contribution in [0.1, 0.15) is 16.9 Å². The maximum atomic E-state index is 10.9. The molecule has 0 saturated carbocycles. The molecule has 31 heavy (non-hydrogen) atoms. The molecule has 1 saturated heterocycles. The molecule has 8 nitrogen and oxygen atoms in total. The van der Waals surface area contributed by atoms with Crippen LogP contribution in [-0.2, 0) is 17.6 Å². The Bertz CT molecular complexity index is 1230. The molecule has 1 aliphatic heterocycles. The van der Waals surface area contributed by atoms with E-state index in [-0.39, 0.29) is 5.92 Å². The number of aromatic amines is 1. The fourth-order valence-electron chi connectivity index (χ4n) is 4.78. The molecule has 2 atom stereocenters. The molecule has 6 rings (SSSR count). The van der Waals surface area contributed by atoms with Crippen molar-refractivity contribution in [1.29, 1.82) is 0 Å². The summed E-state index contributed by atoms with van der Waals surface area (Å²) in [5.74, 6) is 1.09. The molecule has 2 unspecified atom stereocenters. The number of aliphatic hydroxyl groups is 1. The van der Waals surface area contributed by atoms with Gasteiger partial charge in [0.25, 0.3) is 0 Å². The second-order valence-corrected chi connectivity index (χ2v) is 9.35. The minimum atomic E-state index is -0.410. The van der Waals surface area contributed by atoms with E-state index >= 15 is 0 Å². The van der Waals surface area contributed by atoms with Crippen molar-refractivity contribution in [3.63, 3.8) is 0 Å². The highest BCUT2D eigenvalue weighted by Gasteiger charge is 2.32. The number of H-pyrrole nitrogens is 1. The summed E-state index contributed by atoms with van der Waals surface area (Å²) in [5.41, 5.74) is 3.32. The van der Waals surface area contributed by atoms with E-state index in [2.05, 4.69) is 36.4 Å². The standard InChI is InChI=1S/C22H24N6O2S/c29-22(28-5-7-30-8-6-28)13-1-3-16-18(10-13)31-21-19(16)20(23-12-24-21)26-15-2-4-17-14(9-15)11-25-27-17/h2,4,9,11-13,22,29H,1,3,5-8,10H2,(H,25,27)(H,23,24,26). The lowest BCUT2D eigenvalue weighted by Gasteiger charge is -2.37.